The van der Waals surface area contributed by atoms with Crippen LogP contribution in [0.2, 0.25) is 0 Å². The number of fused-ring (bicyclic) bond motifs is 2. The SMILES string of the molecule is CC[C@@H](C)[C@@H](C(=O)N(CCOC)C[C@@H]1CCCN2CCCC[C@H]12)N1Cc2ccccc2C1=O. The third kappa shape index (κ3) is 5.12. The van der Waals surface area contributed by atoms with Gasteiger partial charge in [0.2, 0.25) is 5.91 Å². The molecule has 0 N–H and O–H groups in total. The van der Waals surface area contributed by atoms with E-state index in [0.717, 1.165) is 24.1 Å². The molecule has 3 heterocycles. The molecule has 3 aliphatic heterocycles. The number of piperidine rings is 2. The Labute approximate surface area is 199 Å². The van der Waals surface area contributed by atoms with Crippen molar-refractivity contribution >= 4 is 11.8 Å². The van der Waals surface area contributed by atoms with E-state index >= 15 is 0 Å². The van der Waals surface area contributed by atoms with Crippen LogP contribution < -0.4 is 0 Å². The smallest absolute Gasteiger partial charge is 0.255 e. The van der Waals surface area contributed by atoms with Gasteiger partial charge < -0.3 is 19.4 Å². The zero-order chi connectivity index (χ0) is 23.4. The first-order chi connectivity index (χ1) is 16.0. The normalized spacial score (nSPS) is 24.8. The van der Waals surface area contributed by atoms with Gasteiger partial charge in [-0.2, -0.15) is 0 Å². The van der Waals surface area contributed by atoms with Crippen molar-refractivity contribution in [2.24, 2.45) is 11.8 Å². The third-order valence-electron chi connectivity index (χ3n) is 8.18. The van der Waals surface area contributed by atoms with Crippen molar-refractivity contribution < 1.29 is 14.3 Å². The lowest BCUT2D eigenvalue weighted by atomic mass is 9.83. The van der Waals surface area contributed by atoms with E-state index in [-0.39, 0.29) is 17.7 Å². The van der Waals surface area contributed by atoms with Crippen molar-refractivity contribution in [3.63, 3.8) is 0 Å². The standard InChI is InChI=1S/C27H41N3O3/c1-4-20(2)25(30-19-21-10-5-6-12-23(21)26(30)31)27(32)29(16-17-33-3)18-22-11-9-15-28-14-8-7-13-24(22)28/h5-6,10,12,20,22,24-25H,4,7-9,11,13-19H2,1-3H3/t20-,22+,24-,25+/m1/s1. The lowest BCUT2D eigenvalue weighted by Gasteiger charge is -2.46. The molecule has 0 unspecified atom stereocenters. The van der Waals surface area contributed by atoms with Gasteiger partial charge in [0.05, 0.1) is 6.61 Å². The molecular weight excluding hydrogens is 414 g/mol. The van der Waals surface area contributed by atoms with Crippen molar-refractivity contribution in [3.8, 4) is 0 Å². The molecule has 6 nitrogen and oxygen atoms in total. The highest BCUT2D eigenvalue weighted by molar-refractivity contribution is 6.01. The van der Waals surface area contributed by atoms with Gasteiger partial charge in [0, 0.05) is 38.3 Å². The molecule has 3 aliphatic rings. The summed E-state index contributed by atoms with van der Waals surface area (Å²) in [5.74, 6) is 0.685. The van der Waals surface area contributed by atoms with Crippen LogP contribution in [0.3, 0.4) is 0 Å². The number of ether oxygens (including phenoxy) is 1. The maximum atomic E-state index is 14.1. The number of methoxy groups -OCH3 is 1. The summed E-state index contributed by atoms with van der Waals surface area (Å²) in [6.45, 7) is 9.01. The summed E-state index contributed by atoms with van der Waals surface area (Å²) in [4.78, 5) is 33.9. The first-order valence-electron chi connectivity index (χ1n) is 13.0. The molecule has 4 atom stereocenters. The monoisotopic (exact) mass is 455 g/mol. The average Bonchev–Trinajstić information content (AvgIpc) is 3.17. The van der Waals surface area contributed by atoms with Gasteiger partial charge in [0.1, 0.15) is 6.04 Å². The molecule has 4 rings (SSSR count). The lowest BCUT2D eigenvalue weighted by molar-refractivity contribution is -0.140. The molecule has 6 heteroatoms. The summed E-state index contributed by atoms with van der Waals surface area (Å²) < 4.78 is 5.40. The van der Waals surface area contributed by atoms with E-state index in [4.69, 9.17) is 4.74 Å². The summed E-state index contributed by atoms with van der Waals surface area (Å²) in [6, 6.07) is 7.93. The maximum absolute atomic E-state index is 14.1. The van der Waals surface area contributed by atoms with Crippen LogP contribution in [-0.4, -0.2) is 78.5 Å². The fraction of sp³-hybridized carbons (Fsp3) is 0.704. The van der Waals surface area contributed by atoms with Crippen molar-refractivity contribution in [2.75, 3.05) is 39.9 Å². The quantitative estimate of drug-likeness (QED) is 0.568. The lowest BCUT2D eigenvalue weighted by Crippen LogP contribution is -2.56. The van der Waals surface area contributed by atoms with Crippen LogP contribution in [0.15, 0.2) is 24.3 Å². The number of rotatable bonds is 9. The number of nitrogens with zero attached hydrogens (tertiary/aromatic N) is 3. The van der Waals surface area contributed by atoms with Crippen LogP contribution in [0.4, 0.5) is 0 Å². The highest BCUT2D eigenvalue weighted by Gasteiger charge is 2.42. The minimum Gasteiger partial charge on any atom is -0.383 e. The second-order valence-electron chi connectivity index (χ2n) is 10.2. The topological polar surface area (TPSA) is 53.1 Å². The Morgan fingerprint density at radius 2 is 1.97 bits per heavy atom. The van der Waals surface area contributed by atoms with Crippen molar-refractivity contribution in [2.45, 2.75) is 71.0 Å². The van der Waals surface area contributed by atoms with Gasteiger partial charge in [0.15, 0.2) is 0 Å². The van der Waals surface area contributed by atoms with E-state index in [1.54, 1.807) is 7.11 Å². The van der Waals surface area contributed by atoms with Gasteiger partial charge in [-0.25, -0.2) is 0 Å². The molecule has 0 radical (unpaired) electrons. The van der Waals surface area contributed by atoms with Crippen LogP contribution >= 0.6 is 0 Å². The van der Waals surface area contributed by atoms with E-state index in [2.05, 4.69) is 18.7 Å². The fourth-order valence-electron chi connectivity index (χ4n) is 6.16. The molecule has 0 spiro atoms. The molecular formula is C27H41N3O3. The van der Waals surface area contributed by atoms with Crippen molar-refractivity contribution in [3.05, 3.63) is 35.4 Å². The van der Waals surface area contributed by atoms with Gasteiger partial charge in [0.25, 0.3) is 5.91 Å². The highest BCUT2D eigenvalue weighted by Crippen LogP contribution is 2.33. The van der Waals surface area contributed by atoms with E-state index in [1.165, 1.54) is 45.2 Å². The van der Waals surface area contributed by atoms with Gasteiger partial charge >= 0.3 is 0 Å². The second-order valence-corrected chi connectivity index (χ2v) is 10.2. The first-order valence-corrected chi connectivity index (χ1v) is 13.0. The Kier molecular flexibility index (Phi) is 8.07. The Balaban J connectivity index is 1.56. The number of amides is 2. The van der Waals surface area contributed by atoms with Crippen LogP contribution in [0, 0.1) is 11.8 Å². The summed E-state index contributed by atoms with van der Waals surface area (Å²) in [5.41, 5.74) is 1.77. The Hall–Kier alpha value is -1.92. The molecule has 1 aromatic carbocycles. The van der Waals surface area contributed by atoms with Crippen LogP contribution in [0.1, 0.15) is 68.3 Å². The zero-order valence-electron chi connectivity index (χ0n) is 20.7. The van der Waals surface area contributed by atoms with E-state index in [0.29, 0.717) is 31.7 Å². The minimum absolute atomic E-state index is 0.00735. The van der Waals surface area contributed by atoms with E-state index in [1.807, 2.05) is 34.1 Å². The number of carbonyl (C=O) groups is 2. The molecule has 33 heavy (non-hydrogen) atoms. The third-order valence-corrected chi connectivity index (χ3v) is 8.18. The van der Waals surface area contributed by atoms with Gasteiger partial charge in [-0.15, -0.1) is 0 Å². The predicted molar refractivity (Wildman–Crippen MR) is 130 cm³/mol. The van der Waals surface area contributed by atoms with Gasteiger partial charge in [-0.05, 0) is 62.2 Å². The number of hydrogen-bond donors (Lipinski definition) is 0. The Morgan fingerprint density at radius 3 is 2.73 bits per heavy atom. The molecule has 1 aromatic rings. The first kappa shape index (κ1) is 24.2. The van der Waals surface area contributed by atoms with Crippen molar-refractivity contribution in [1.82, 2.24) is 14.7 Å². The Morgan fingerprint density at radius 1 is 1.18 bits per heavy atom. The number of hydrogen-bond acceptors (Lipinski definition) is 4. The number of benzene rings is 1. The van der Waals surface area contributed by atoms with Crippen molar-refractivity contribution in [1.29, 1.82) is 0 Å². The summed E-state index contributed by atoms with van der Waals surface area (Å²) >= 11 is 0. The zero-order valence-corrected chi connectivity index (χ0v) is 20.7. The molecule has 2 amide bonds. The van der Waals surface area contributed by atoms with Gasteiger partial charge in [-0.1, -0.05) is 44.9 Å². The van der Waals surface area contributed by atoms with Gasteiger partial charge in [-0.3, -0.25) is 9.59 Å². The molecule has 2 fully saturated rings. The Bertz CT molecular complexity index is 827. The molecule has 2 saturated heterocycles. The average molecular weight is 456 g/mol. The fourth-order valence-corrected chi connectivity index (χ4v) is 6.16. The molecule has 0 bridgehead atoms. The molecule has 0 aliphatic carbocycles. The number of carbonyl (C=O) groups excluding carboxylic acids is 2. The van der Waals surface area contributed by atoms with Crippen LogP contribution in [-0.2, 0) is 16.1 Å². The largest absolute Gasteiger partial charge is 0.383 e. The van der Waals surface area contributed by atoms with Crippen LogP contribution in [0.5, 0.6) is 0 Å². The van der Waals surface area contributed by atoms with Crippen LogP contribution in [0.25, 0.3) is 0 Å². The molecule has 0 aromatic heterocycles. The highest BCUT2D eigenvalue weighted by atomic mass is 16.5. The predicted octanol–water partition coefficient (Wildman–Crippen LogP) is 3.80. The van der Waals surface area contributed by atoms with E-state index in [9.17, 15) is 9.59 Å². The summed E-state index contributed by atoms with van der Waals surface area (Å²) in [7, 11) is 1.69. The summed E-state index contributed by atoms with van der Waals surface area (Å²) in [6.07, 6.45) is 7.07. The van der Waals surface area contributed by atoms with E-state index < -0.39 is 6.04 Å². The molecule has 0 saturated carbocycles. The maximum Gasteiger partial charge on any atom is 0.255 e. The molecule has 182 valence electrons. The minimum atomic E-state index is -0.433. The summed E-state index contributed by atoms with van der Waals surface area (Å²) in [5, 5.41) is 0. The second kappa shape index (κ2) is 11.0.